The van der Waals surface area contributed by atoms with Crippen molar-refractivity contribution < 1.29 is 4.79 Å². The number of piperidine rings is 1. The molecule has 90 valence electrons. The van der Waals surface area contributed by atoms with Crippen LogP contribution in [0.2, 0.25) is 0 Å². The van der Waals surface area contributed by atoms with Crippen LogP contribution in [0, 0.1) is 5.92 Å². The quantitative estimate of drug-likeness (QED) is 0.782. The molecule has 2 fully saturated rings. The first kappa shape index (κ1) is 11.5. The molecule has 3 nitrogen and oxygen atoms in total. The molecular weight excluding hydrogens is 200 g/mol. The third-order valence-corrected chi connectivity index (χ3v) is 3.56. The van der Waals surface area contributed by atoms with Crippen LogP contribution in [0.5, 0.6) is 0 Å². The summed E-state index contributed by atoms with van der Waals surface area (Å²) in [5.41, 5.74) is 0. The molecule has 2 aliphatic rings. The van der Waals surface area contributed by atoms with Gasteiger partial charge in [-0.15, -0.1) is 0 Å². The first-order chi connectivity index (χ1) is 7.81. The van der Waals surface area contributed by atoms with E-state index in [0.717, 1.165) is 31.7 Å². The lowest BCUT2D eigenvalue weighted by molar-refractivity contribution is 0.152. The minimum absolute atomic E-state index is 0.0865. The van der Waals surface area contributed by atoms with Crippen LogP contribution >= 0.6 is 0 Å². The first-order valence-corrected chi connectivity index (χ1v) is 6.55. The first-order valence-electron chi connectivity index (χ1n) is 6.55. The average Bonchev–Trinajstić information content (AvgIpc) is 3.13. The molecule has 1 N–H and O–H groups in total. The molecule has 1 heterocycles. The van der Waals surface area contributed by atoms with E-state index in [-0.39, 0.29) is 6.03 Å². The van der Waals surface area contributed by atoms with Crippen molar-refractivity contribution in [2.75, 3.05) is 6.54 Å². The zero-order valence-electron chi connectivity index (χ0n) is 10.1. The number of carbonyl (C=O) groups is 1. The lowest BCUT2D eigenvalue weighted by Crippen LogP contribution is -2.47. The van der Waals surface area contributed by atoms with E-state index in [9.17, 15) is 4.79 Å². The third kappa shape index (κ3) is 3.00. The molecule has 1 atom stereocenters. The Balaban J connectivity index is 1.81. The Kier molecular flexibility index (Phi) is 3.86. The van der Waals surface area contributed by atoms with Gasteiger partial charge in [-0.1, -0.05) is 13.0 Å². The Bertz CT molecular complexity index is 271. The van der Waals surface area contributed by atoms with E-state index in [0.29, 0.717) is 6.04 Å². The molecule has 0 radical (unpaired) electrons. The average molecular weight is 222 g/mol. The van der Waals surface area contributed by atoms with Crippen molar-refractivity contribution in [2.45, 2.75) is 51.5 Å². The third-order valence-electron chi connectivity index (χ3n) is 3.56. The molecule has 16 heavy (non-hydrogen) atoms. The largest absolute Gasteiger partial charge is 0.322 e. The molecule has 3 heteroatoms. The number of rotatable bonds is 3. The molecule has 0 aromatic rings. The number of urea groups is 1. The fourth-order valence-electron chi connectivity index (χ4n) is 2.32. The van der Waals surface area contributed by atoms with E-state index in [1.54, 1.807) is 0 Å². The molecular formula is C13H22N2O. The molecule has 1 aliphatic carbocycles. The number of nitrogens with one attached hydrogen (secondary N) is 1. The molecule has 2 amide bonds. The minimum atomic E-state index is 0.0865. The van der Waals surface area contributed by atoms with Gasteiger partial charge in [-0.25, -0.2) is 4.79 Å². The summed E-state index contributed by atoms with van der Waals surface area (Å²) in [5, 5.41) is 2.89. The highest BCUT2D eigenvalue weighted by Crippen LogP contribution is 2.29. The van der Waals surface area contributed by atoms with E-state index < -0.39 is 0 Å². The summed E-state index contributed by atoms with van der Waals surface area (Å²) in [7, 11) is 0. The van der Waals surface area contributed by atoms with Crippen molar-refractivity contribution in [3.8, 4) is 0 Å². The molecule has 0 spiro atoms. The maximum absolute atomic E-state index is 11.9. The summed E-state index contributed by atoms with van der Waals surface area (Å²) < 4.78 is 0. The number of likely N-dealkylation sites (tertiary alicyclic amines) is 1. The van der Waals surface area contributed by atoms with Crippen LogP contribution in [0.1, 0.15) is 45.4 Å². The van der Waals surface area contributed by atoms with Crippen LogP contribution < -0.4 is 5.32 Å². The molecule has 1 saturated heterocycles. The van der Waals surface area contributed by atoms with Crippen molar-refractivity contribution in [3.05, 3.63) is 12.3 Å². The van der Waals surface area contributed by atoms with Crippen LogP contribution in [0.15, 0.2) is 12.3 Å². The van der Waals surface area contributed by atoms with Gasteiger partial charge in [0, 0.05) is 18.8 Å². The second-order valence-electron chi connectivity index (χ2n) is 4.90. The van der Waals surface area contributed by atoms with Gasteiger partial charge in [0.25, 0.3) is 0 Å². The number of carbonyl (C=O) groups excluding carboxylic acids is 1. The van der Waals surface area contributed by atoms with Crippen molar-refractivity contribution in [1.29, 1.82) is 0 Å². The SMILES string of the molecule is CCC1CCCCN1C(=O)N/C=C/C1CC1. The monoisotopic (exact) mass is 222 g/mol. The lowest BCUT2D eigenvalue weighted by Gasteiger charge is -2.34. The van der Waals surface area contributed by atoms with Crippen LogP contribution in [0.3, 0.4) is 0 Å². The highest BCUT2D eigenvalue weighted by Gasteiger charge is 2.24. The zero-order valence-corrected chi connectivity index (χ0v) is 10.1. The number of amides is 2. The van der Waals surface area contributed by atoms with E-state index in [2.05, 4.69) is 18.3 Å². The van der Waals surface area contributed by atoms with Gasteiger partial charge in [-0.05, 0) is 44.4 Å². The molecule has 1 saturated carbocycles. The predicted molar refractivity (Wildman–Crippen MR) is 65.0 cm³/mol. The summed E-state index contributed by atoms with van der Waals surface area (Å²) in [6.07, 6.45) is 11.2. The van der Waals surface area contributed by atoms with Crippen LogP contribution in [0.4, 0.5) is 4.79 Å². The predicted octanol–water partition coefficient (Wildman–Crippen LogP) is 2.88. The van der Waals surface area contributed by atoms with Crippen LogP contribution in [0.25, 0.3) is 0 Å². The van der Waals surface area contributed by atoms with E-state index >= 15 is 0 Å². The Morgan fingerprint density at radius 2 is 2.19 bits per heavy atom. The topological polar surface area (TPSA) is 32.3 Å². The molecule has 2 rings (SSSR count). The van der Waals surface area contributed by atoms with Gasteiger partial charge in [0.2, 0.25) is 0 Å². The molecule has 0 aromatic heterocycles. The Morgan fingerprint density at radius 3 is 2.88 bits per heavy atom. The standard InChI is InChI=1S/C13H22N2O/c1-2-12-5-3-4-10-15(12)13(16)14-9-8-11-6-7-11/h8-9,11-12H,2-7,10H2,1H3,(H,14,16)/b9-8+. The fourth-order valence-corrected chi connectivity index (χ4v) is 2.32. The van der Waals surface area contributed by atoms with Gasteiger partial charge < -0.3 is 10.2 Å². The fraction of sp³-hybridized carbons (Fsp3) is 0.769. The highest BCUT2D eigenvalue weighted by molar-refractivity contribution is 5.75. The van der Waals surface area contributed by atoms with E-state index in [1.807, 2.05) is 11.1 Å². The van der Waals surface area contributed by atoms with Crippen molar-refractivity contribution in [3.63, 3.8) is 0 Å². The van der Waals surface area contributed by atoms with Gasteiger partial charge >= 0.3 is 6.03 Å². The summed E-state index contributed by atoms with van der Waals surface area (Å²) >= 11 is 0. The van der Waals surface area contributed by atoms with Gasteiger partial charge in [0.15, 0.2) is 0 Å². The Hall–Kier alpha value is -0.990. The minimum Gasteiger partial charge on any atom is -0.322 e. The Morgan fingerprint density at radius 1 is 1.38 bits per heavy atom. The van der Waals surface area contributed by atoms with Gasteiger partial charge in [0.1, 0.15) is 0 Å². The summed E-state index contributed by atoms with van der Waals surface area (Å²) in [5.74, 6) is 0.726. The number of allylic oxidation sites excluding steroid dienone is 1. The number of hydrogen-bond acceptors (Lipinski definition) is 1. The summed E-state index contributed by atoms with van der Waals surface area (Å²) in [6.45, 7) is 3.08. The number of hydrogen-bond donors (Lipinski definition) is 1. The van der Waals surface area contributed by atoms with Crippen molar-refractivity contribution >= 4 is 6.03 Å². The van der Waals surface area contributed by atoms with Crippen molar-refractivity contribution in [1.82, 2.24) is 10.2 Å². The normalized spacial score (nSPS) is 26.1. The van der Waals surface area contributed by atoms with Gasteiger partial charge in [-0.3, -0.25) is 0 Å². The van der Waals surface area contributed by atoms with Crippen LogP contribution in [-0.4, -0.2) is 23.5 Å². The van der Waals surface area contributed by atoms with E-state index in [4.69, 9.17) is 0 Å². The number of nitrogens with zero attached hydrogens (tertiary/aromatic N) is 1. The molecule has 0 aromatic carbocycles. The Labute approximate surface area is 97.9 Å². The van der Waals surface area contributed by atoms with Gasteiger partial charge in [-0.2, -0.15) is 0 Å². The van der Waals surface area contributed by atoms with E-state index in [1.165, 1.54) is 19.3 Å². The maximum Gasteiger partial charge on any atom is 0.321 e. The zero-order chi connectivity index (χ0) is 11.4. The van der Waals surface area contributed by atoms with Crippen LogP contribution in [-0.2, 0) is 0 Å². The smallest absolute Gasteiger partial charge is 0.321 e. The molecule has 0 bridgehead atoms. The highest BCUT2D eigenvalue weighted by atomic mass is 16.2. The molecule has 1 aliphatic heterocycles. The second kappa shape index (κ2) is 5.37. The summed E-state index contributed by atoms with van der Waals surface area (Å²) in [6, 6.07) is 0.534. The second-order valence-corrected chi connectivity index (χ2v) is 4.90. The van der Waals surface area contributed by atoms with Gasteiger partial charge in [0.05, 0.1) is 0 Å². The lowest BCUT2D eigenvalue weighted by atomic mass is 10.0. The maximum atomic E-state index is 11.9. The summed E-state index contributed by atoms with van der Waals surface area (Å²) in [4.78, 5) is 13.9. The molecule has 1 unspecified atom stereocenters. The van der Waals surface area contributed by atoms with Crippen molar-refractivity contribution in [2.24, 2.45) is 5.92 Å².